The number of nitrogens with zero attached hydrogens (tertiary/aromatic N) is 1. The van der Waals surface area contributed by atoms with Crippen molar-refractivity contribution in [2.75, 3.05) is 12.9 Å². The number of carbonyl (C=O) groups is 1. The van der Waals surface area contributed by atoms with Crippen molar-refractivity contribution in [2.24, 2.45) is 0 Å². The summed E-state index contributed by atoms with van der Waals surface area (Å²) in [6.45, 7) is -1.21. The number of rotatable bonds is 9. The van der Waals surface area contributed by atoms with Gasteiger partial charge in [0.2, 0.25) is 15.9 Å². The van der Waals surface area contributed by atoms with Crippen LogP contribution in [0, 0.1) is 0 Å². The van der Waals surface area contributed by atoms with Crippen LogP contribution in [0.1, 0.15) is 23.8 Å². The maximum absolute atomic E-state index is 13.2. The summed E-state index contributed by atoms with van der Waals surface area (Å²) in [6, 6.07) is 7.91. The molecule has 12 heteroatoms. The van der Waals surface area contributed by atoms with E-state index in [4.69, 9.17) is 0 Å². The summed E-state index contributed by atoms with van der Waals surface area (Å²) in [5, 5.41) is 12.1. The van der Waals surface area contributed by atoms with Gasteiger partial charge in [0.05, 0.1) is 24.5 Å². The molecule has 0 spiro atoms. The molecule has 1 aromatic heterocycles. The molecular weight excluding hydrogens is 442 g/mol. The van der Waals surface area contributed by atoms with E-state index in [9.17, 15) is 35.9 Å². The van der Waals surface area contributed by atoms with Crippen LogP contribution in [-0.4, -0.2) is 49.6 Å². The van der Waals surface area contributed by atoms with E-state index in [1.54, 1.807) is 24.3 Å². The van der Waals surface area contributed by atoms with E-state index in [1.807, 2.05) is 5.32 Å². The molecule has 7 nitrogen and oxygen atoms in total. The summed E-state index contributed by atoms with van der Waals surface area (Å²) in [4.78, 5) is 15.5. The van der Waals surface area contributed by atoms with Gasteiger partial charge in [-0.2, -0.15) is 13.2 Å². The number of amides is 1. The molecule has 0 aliphatic rings. The van der Waals surface area contributed by atoms with Gasteiger partial charge in [0, 0.05) is 11.8 Å². The van der Waals surface area contributed by atoms with Crippen LogP contribution in [0.4, 0.5) is 17.6 Å². The smallest absolute Gasteiger partial charge is 0.386 e. The molecule has 2 atom stereocenters. The Balaban J connectivity index is 2.05. The monoisotopic (exact) mass is 463 g/mol. The molecule has 1 amide bonds. The number of nitrogens with one attached hydrogen (secondary N) is 2. The van der Waals surface area contributed by atoms with Crippen molar-refractivity contribution in [3.63, 3.8) is 0 Å². The molecule has 0 saturated carbocycles. The van der Waals surface area contributed by atoms with Gasteiger partial charge < -0.3 is 10.4 Å². The number of pyridine rings is 1. The number of alkyl halides is 4. The summed E-state index contributed by atoms with van der Waals surface area (Å²) in [7, 11) is -3.35. The molecule has 0 aliphatic heterocycles. The van der Waals surface area contributed by atoms with Gasteiger partial charge >= 0.3 is 6.18 Å². The summed E-state index contributed by atoms with van der Waals surface area (Å²) in [5.41, 5.74) is 2.08. The number of benzene rings is 1. The van der Waals surface area contributed by atoms with Gasteiger partial charge in [0.15, 0.2) is 0 Å². The second-order valence-corrected chi connectivity index (χ2v) is 8.65. The van der Waals surface area contributed by atoms with Crippen molar-refractivity contribution < 1.29 is 35.9 Å². The molecule has 31 heavy (non-hydrogen) atoms. The molecule has 2 aromatic rings. The van der Waals surface area contributed by atoms with Gasteiger partial charge in [-0.05, 0) is 17.2 Å². The number of aliphatic hydroxyl groups is 1. The first-order valence-corrected chi connectivity index (χ1v) is 10.9. The zero-order chi connectivity index (χ0) is 23.2. The van der Waals surface area contributed by atoms with E-state index >= 15 is 0 Å². The molecule has 0 fully saturated rings. The minimum Gasteiger partial charge on any atom is -0.386 e. The van der Waals surface area contributed by atoms with Gasteiger partial charge in [-0.15, -0.1) is 0 Å². The number of aliphatic hydroxyl groups excluding tert-OH is 1. The number of aromatic nitrogens is 1. The molecule has 0 aliphatic carbocycles. The molecule has 170 valence electrons. The number of halogens is 4. The number of sulfonamides is 1. The highest BCUT2D eigenvalue weighted by molar-refractivity contribution is 7.88. The summed E-state index contributed by atoms with van der Waals surface area (Å²) >= 11 is 0. The lowest BCUT2D eigenvalue weighted by Crippen LogP contribution is -2.42. The van der Waals surface area contributed by atoms with Crippen LogP contribution in [0.25, 0.3) is 11.1 Å². The molecule has 0 bridgehead atoms. The maximum Gasteiger partial charge on any atom is 0.397 e. The molecule has 2 rings (SSSR count). The predicted octanol–water partition coefficient (Wildman–Crippen LogP) is 2.24. The Morgan fingerprint density at radius 3 is 2.23 bits per heavy atom. The van der Waals surface area contributed by atoms with Gasteiger partial charge in [-0.25, -0.2) is 17.5 Å². The van der Waals surface area contributed by atoms with Crippen molar-refractivity contribution in [3.8, 4) is 11.1 Å². The lowest BCUT2D eigenvalue weighted by Gasteiger charge is -2.22. The van der Waals surface area contributed by atoms with Crippen LogP contribution < -0.4 is 10.0 Å². The topological polar surface area (TPSA) is 108 Å². The number of carbonyl (C=O) groups excluding carboxylic acids is 1. The Hall–Kier alpha value is -2.57. The highest BCUT2D eigenvalue weighted by atomic mass is 32.2. The third kappa shape index (κ3) is 8.23. The molecule has 0 unspecified atom stereocenters. The standard InChI is InChI=1S/C19H21F4N3O4S/c1-31(29,30)25-11-15-7-6-14(10-24-15)12-2-4-13(5-3-12)18(28)16(9-20)26-17(27)8-19(21,22)23/h2-7,10,16,18,25,28H,8-9,11H2,1H3,(H,26,27)/t16-,18+/m1/s1. The third-order valence-corrected chi connectivity index (χ3v) is 4.85. The average molecular weight is 463 g/mol. The highest BCUT2D eigenvalue weighted by Gasteiger charge is 2.33. The number of hydrogen-bond acceptors (Lipinski definition) is 5. The lowest BCUT2D eigenvalue weighted by molar-refractivity contribution is -0.154. The van der Waals surface area contributed by atoms with E-state index in [0.717, 1.165) is 6.26 Å². The molecular formula is C19H21F4N3O4S. The van der Waals surface area contributed by atoms with E-state index < -0.39 is 47.3 Å². The fourth-order valence-electron chi connectivity index (χ4n) is 2.65. The van der Waals surface area contributed by atoms with Gasteiger partial charge in [-0.3, -0.25) is 9.78 Å². The Labute approximate surface area is 176 Å². The minimum atomic E-state index is -4.73. The van der Waals surface area contributed by atoms with E-state index in [2.05, 4.69) is 9.71 Å². The first-order valence-electron chi connectivity index (χ1n) is 8.98. The summed E-state index contributed by atoms with van der Waals surface area (Å²) in [5.74, 6) is -1.43. The molecule has 3 N–H and O–H groups in total. The maximum atomic E-state index is 13.2. The fourth-order valence-corrected chi connectivity index (χ4v) is 3.06. The minimum absolute atomic E-state index is 0.0366. The van der Waals surface area contributed by atoms with Gasteiger partial charge in [0.1, 0.15) is 19.2 Å². The van der Waals surface area contributed by atoms with Gasteiger partial charge in [-0.1, -0.05) is 30.3 Å². The summed E-state index contributed by atoms with van der Waals surface area (Å²) < 4.78 is 74.5. The quantitative estimate of drug-likeness (QED) is 0.495. The van der Waals surface area contributed by atoms with Crippen LogP contribution in [0.5, 0.6) is 0 Å². The molecule has 0 radical (unpaired) electrons. The highest BCUT2D eigenvalue weighted by Crippen LogP contribution is 2.24. The second-order valence-electron chi connectivity index (χ2n) is 6.82. The van der Waals surface area contributed by atoms with Gasteiger partial charge in [0.25, 0.3) is 0 Å². The zero-order valence-corrected chi connectivity index (χ0v) is 17.2. The Morgan fingerprint density at radius 2 is 1.74 bits per heavy atom. The van der Waals surface area contributed by atoms with Crippen molar-refractivity contribution >= 4 is 15.9 Å². The van der Waals surface area contributed by atoms with Crippen molar-refractivity contribution in [1.82, 2.24) is 15.0 Å². The zero-order valence-electron chi connectivity index (χ0n) is 16.4. The normalized spacial score (nSPS) is 14.1. The average Bonchev–Trinajstić information content (AvgIpc) is 2.68. The largest absolute Gasteiger partial charge is 0.397 e. The van der Waals surface area contributed by atoms with Crippen molar-refractivity contribution in [2.45, 2.75) is 31.3 Å². The number of hydrogen-bond donors (Lipinski definition) is 3. The Morgan fingerprint density at radius 1 is 1.13 bits per heavy atom. The van der Waals surface area contributed by atoms with E-state index in [-0.39, 0.29) is 12.1 Å². The Bertz CT molecular complexity index is 981. The predicted molar refractivity (Wildman–Crippen MR) is 105 cm³/mol. The lowest BCUT2D eigenvalue weighted by atomic mass is 9.99. The fraction of sp³-hybridized carbons (Fsp3) is 0.368. The Kier molecular flexibility index (Phi) is 8.09. The van der Waals surface area contributed by atoms with Crippen molar-refractivity contribution in [3.05, 3.63) is 53.9 Å². The first-order chi connectivity index (χ1) is 14.4. The molecule has 0 saturated heterocycles. The van der Waals surface area contributed by atoms with Crippen LogP contribution in [0.15, 0.2) is 42.6 Å². The van der Waals surface area contributed by atoms with E-state index in [0.29, 0.717) is 16.8 Å². The van der Waals surface area contributed by atoms with Crippen LogP contribution >= 0.6 is 0 Å². The van der Waals surface area contributed by atoms with Crippen LogP contribution in [-0.2, 0) is 21.4 Å². The summed E-state index contributed by atoms with van der Waals surface area (Å²) in [6.07, 6.45) is -5.49. The first kappa shape index (κ1) is 24.7. The van der Waals surface area contributed by atoms with Crippen molar-refractivity contribution in [1.29, 1.82) is 0 Å². The van der Waals surface area contributed by atoms with Crippen LogP contribution in [0.3, 0.4) is 0 Å². The molecule has 1 heterocycles. The molecule has 1 aromatic carbocycles. The third-order valence-electron chi connectivity index (χ3n) is 4.18. The SMILES string of the molecule is CS(=O)(=O)NCc1ccc(-c2ccc([C@H](O)[C@@H](CF)NC(=O)CC(F)(F)F)cc2)cn1. The second kappa shape index (κ2) is 10.2. The van der Waals surface area contributed by atoms with E-state index in [1.165, 1.54) is 18.3 Å². The van der Waals surface area contributed by atoms with Crippen LogP contribution in [0.2, 0.25) is 0 Å².